The van der Waals surface area contributed by atoms with Crippen molar-refractivity contribution in [2.75, 3.05) is 46.0 Å². The molecule has 3 heterocycles. The van der Waals surface area contributed by atoms with E-state index in [4.69, 9.17) is 9.47 Å². The number of hydrogen-bond donors (Lipinski definition) is 0. The van der Waals surface area contributed by atoms with Crippen LogP contribution in [0.1, 0.15) is 12.5 Å². The minimum absolute atomic E-state index is 0.0533. The van der Waals surface area contributed by atoms with E-state index >= 15 is 0 Å². The molecule has 2 aliphatic heterocycles. The maximum absolute atomic E-state index is 12.8. The van der Waals surface area contributed by atoms with Gasteiger partial charge < -0.3 is 19.3 Å². The van der Waals surface area contributed by atoms with E-state index in [0.717, 1.165) is 5.56 Å². The van der Waals surface area contributed by atoms with Gasteiger partial charge in [-0.3, -0.25) is 14.3 Å². The third-order valence-electron chi connectivity index (χ3n) is 4.44. The first-order valence-electron chi connectivity index (χ1n) is 8.26. The Morgan fingerprint density at radius 2 is 1.92 bits per heavy atom. The van der Waals surface area contributed by atoms with Gasteiger partial charge in [-0.15, -0.1) is 0 Å². The van der Waals surface area contributed by atoms with E-state index < -0.39 is 5.60 Å². The minimum atomic E-state index is -0.995. The summed E-state index contributed by atoms with van der Waals surface area (Å²) in [6.45, 7) is 7.21. The molecule has 0 unspecified atom stereocenters. The fourth-order valence-corrected chi connectivity index (χ4v) is 3.11. The molecule has 8 heteroatoms. The van der Waals surface area contributed by atoms with Crippen LogP contribution in [0.5, 0.6) is 0 Å². The number of carbonyl (C=O) groups is 2. The Bertz CT molecular complexity index is 611. The molecular weight excluding hydrogens is 312 g/mol. The number of carbonyl (C=O) groups excluding carboxylic acids is 2. The summed E-state index contributed by atoms with van der Waals surface area (Å²) in [4.78, 5) is 28.8. The average Bonchev–Trinajstić information content (AvgIpc) is 3.00. The van der Waals surface area contributed by atoms with Gasteiger partial charge in [0.25, 0.3) is 5.91 Å². The molecule has 1 aromatic rings. The zero-order valence-corrected chi connectivity index (χ0v) is 14.2. The maximum Gasteiger partial charge on any atom is 0.256 e. The summed E-state index contributed by atoms with van der Waals surface area (Å²) < 4.78 is 12.7. The van der Waals surface area contributed by atoms with Crippen molar-refractivity contribution in [2.45, 2.75) is 26.0 Å². The fraction of sp³-hybridized carbons (Fsp3) is 0.688. The van der Waals surface area contributed by atoms with E-state index in [2.05, 4.69) is 5.10 Å². The van der Waals surface area contributed by atoms with Crippen LogP contribution in [0.25, 0.3) is 0 Å². The molecule has 2 aliphatic rings. The van der Waals surface area contributed by atoms with Crippen LogP contribution in [0.15, 0.2) is 12.4 Å². The predicted molar refractivity (Wildman–Crippen MR) is 85.3 cm³/mol. The molecule has 0 spiro atoms. The van der Waals surface area contributed by atoms with Crippen LogP contribution in [-0.4, -0.2) is 83.0 Å². The maximum atomic E-state index is 12.8. The van der Waals surface area contributed by atoms with Gasteiger partial charge in [-0.05, 0) is 19.4 Å². The van der Waals surface area contributed by atoms with Crippen molar-refractivity contribution in [3.63, 3.8) is 0 Å². The monoisotopic (exact) mass is 336 g/mol. The van der Waals surface area contributed by atoms with Crippen LogP contribution in [0, 0.1) is 6.92 Å². The number of morpholine rings is 2. The number of ether oxygens (including phenoxy) is 2. The van der Waals surface area contributed by atoms with Gasteiger partial charge in [-0.2, -0.15) is 5.10 Å². The second-order valence-corrected chi connectivity index (χ2v) is 6.51. The highest BCUT2D eigenvalue weighted by Crippen LogP contribution is 2.21. The second kappa shape index (κ2) is 6.90. The van der Waals surface area contributed by atoms with E-state index in [1.54, 1.807) is 27.6 Å². The Hall–Kier alpha value is -1.93. The minimum Gasteiger partial charge on any atom is -0.378 e. The lowest BCUT2D eigenvalue weighted by atomic mass is 10.0. The fourth-order valence-electron chi connectivity index (χ4n) is 3.11. The quantitative estimate of drug-likeness (QED) is 0.755. The Kier molecular flexibility index (Phi) is 4.86. The summed E-state index contributed by atoms with van der Waals surface area (Å²) in [5.74, 6) is -0.124. The molecule has 1 aromatic heterocycles. The summed E-state index contributed by atoms with van der Waals surface area (Å²) in [6, 6.07) is 0. The standard InChI is InChI=1S/C16H24N4O4/c1-13-9-17-20(10-13)11-14(21)19-5-8-24-16(2,12-19)15(22)18-3-6-23-7-4-18/h9-10H,3-8,11-12H2,1-2H3/t16-/m1/s1. The summed E-state index contributed by atoms with van der Waals surface area (Å²) in [7, 11) is 0. The Morgan fingerprint density at radius 3 is 2.58 bits per heavy atom. The van der Waals surface area contributed by atoms with Crippen molar-refractivity contribution >= 4 is 11.8 Å². The van der Waals surface area contributed by atoms with Crippen LogP contribution in [-0.2, 0) is 25.6 Å². The topological polar surface area (TPSA) is 76.9 Å². The van der Waals surface area contributed by atoms with Gasteiger partial charge >= 0.3 is 0 Å². The van der Waals surface area contributed by atoms with Crippen LogP contribution in [0.4, 0.5) is 0 Å². The summed E-state index contributed by atoms with van der Waals surface area (Å²) in [6.07, 6.45) is 3.55. The van der Waals surface area contributed by atoms with Gasteiger partial charge in [-0.25, -0.2) is 0 Å². The van der Waals surface area contributed by atoms with E-state index in [9.17, 15) is 9.59 Å². The first-order chi connectivity index (χ1) is 11.5. The van der Waals surface area contributed by atoms with Crippen LogP contribution >= 0.6 is 0 Å². The highest BCUT2D eigenvalue weighted by molar-refractivity contribution is 5.86. The first-order valence-corrected chi connectivity index (χ1v) is 8.26. The first kappa shape index (κ1) is 16.9. The number of aryl methyl sites for hydroxylation is 1. The van der Waals surface area contributed by atoms with Gasteiger partial charge in [-0.1, -0.05) is 0 Å². The van der Waals surface area contributed by atoms with Crippen molar-refractivity contribution in [1.82, 2.24) is 19.6 Å². The lowest BCUT2D eigenvalue weighted by molar-refractivity contribution is -0.174. The number of rotatable bonds is 3. The number of aromatic nitrogens is 2. The zero-order valence-electron chi connectivity index (χ0n) is 14.2. The smallest absolute Gasteiger partial charge is 0.256 e. The summed E-state index contributed by atoms with van der Waals surface area (Å²) in [5, 5.41) is 4.14. The van der Waals surface area contributed by atoms with Crippen LogP contribution in [0.2, 0.25) is 0 Å². The van der Waals surface area contributed by atoms with E-state index in [0.29, 0.717) is 39.5 Å². The molecule has 3 rings (SSSR count). The van der Waals surface area contributed by atoms with Gasteiger partial charge in [0.2, 0.25) is 5.91 Å². The number of nitrogens with zero attached hydrogens (tertiary/aromatic N) is 4. The van der Waals surface area contributed by atoms with E-state index in [-0.39, 0.29) is 24.9 Å². The predicted octanol–water partition coefficient (Wildman–Crippen LogP) is -0.332. The molecule has 0 aromatic carbocycles. The third kappa shape index (κ3) is 3.59. The zero-order chi connectivity index (χ0) is 17.2. The van der Waals surface area contributed by atoms with Crippen molar-refractivity contribution in [2.24, 2.45) is 0 Å². The summed E-state index contributed by atoms with van der Waals surface area (Å²) >= 11 is 0. The Morgan fingerprint density at radius 1 is 1.21 bits per heavy atom. The van der Waals surface area contributed by atoms with Crippen molar-refractivity contribution in [3.05, 3.63) is 18.0 Å². The lowest BCUT2D eigenvalue weighted by Gasteiger charge is -2.42. The Labute approximate surface area is 141 Å². The highest BCUT2D eigenvalue weighted by atomic mass is 16.5. The molecule has 1 atom stereocenters. The molecule has 0 aliphatic carbocycles. The largest absolute Gasteiger partial charge is 0.378 e. The highest BCUT2D eigenvalue weighted by Gasteiger charge is 2.43. The molecule has 0 saturated carbocycles. The molecular formula is C16H24N4O4. The van der Waals surface area contributed by atoms with Gasteiger partial charge in [0.05, 0.1) is 32.6 Å². The molecule has 2 fully saturated rings. The molecule has 2 amide bonds. The molecule has 24 heavy (non-hydrogen) atoms. The second-order valence-electron chi connectivity index (χ2n) is 6.51. The van der Waals surface area contributed by atoms with Gasteiger partial charge in [0, 0.05) is 25.8 Å². The number of hydrogen-bond acceptors (Lipinski definition) is 5. The Balaban J connectivity index is 1.64. The van der Waals surface area contributed by atoms with Gasteiger partial charge in [0.15, 0.2) is 5.60 Å². The SMILES string of the molecule is Cc1cnn(CC(=O)N2CCO[C@@](C)(C(=O)N3CCOCC3)C2)c1. The molecule has 8 nitrogen and oxygen atoms in total. The molecule has 2 saturated heterocycles. The van der Waals surface area contributed by atoms with E-state index in [1.807, 2.05) is 13.1 Å². The van der Waals surface area contributed by atoms with Crippen molar-refractivity contribution in [1.29, 1.82) is 0 Å². The van der Waals surface area contributed by atoms with Crippen LogP contribution in [0.3, 0.4) is 0 Å². The van der Waals surface area contributed by atoms with Crippen LogP contribution < -0.4 is 0 Å². The molecule has 132 valence electrons. The van der Waals surface area contributed by atoms with E-state index in [1.165, 1.54) is 0 Å². The van der Waals surface area contributed by atoms with Crippen molar-refractivity contribution < 1.29 is 19.1 Å². The lowest BCUT2D eigenvalue weighted by Crippen LogP contribution is -2.61. The molecule has 0 bridgehead atoms. The third-order valence-corrected chi connectivity index (χ3v) is 4.44. The van der Waals surface area contributed by atoms with Gasteiger partial charge in [0.1, 0.15) is 6.54 Å². The van der Waals surface area contributed by atoms with Crippen molar-refractivity contribution in [3.8, 4) is 0 Å². The molecule has 0 N–H and O–H groups in total. The summed E-state index contributed by atoms with van der Waals surface area (Å²) in [5.41, 5.74) is 0.0165. The average molecular weight is 336 g/mol. The normalized spacial score (nSPS) is 24.9. The number of amides is 2. The molecule has 0 radical (unpaired) electrons.